The number of ether oxygens (including phenoxy) is 2. The van der Waals surface area contributed by atoms with E-state index in [-0.39, 0.29) is 12.5 Å². The molecule has 0 aliphatic carbocycles. The fourth-order valence-electron chi connectivity index (χ4n) is 3.00. The lowest BCUT2D eigenvalue weighted by Gasteiger charge is -2.12. The molecule has 0 radical (unpaired) electrons. The average molecular weight is 480 g/mol. The monoisotopic (exact) mass is 479 g/mol. The van der Waals surface area contributed by atoms with E-state index >= 15 is 0 Å². The Hall–Kier alpha value is -3.84. The number of halogens is 1. The molecule has 0 heterocycles. The molecule has 2 N–H and O–H groups in total. The van der Waals surface area contributed by atoms with Crippen molar-refractivity contribution in [3.05, 3.63) is 94.0 Å². The molecule has 3 rings (SSSR count). The molecule has 3 aromatic rings. The van der Waals surface area contributed by atoms with Crippen LogP contribution in [-0.2, 0) is 11.4 Å². The van der Waals surface area contributed by atoms with Gasteiger partial charge in [-0.25, -0.2) is 5.43 Å². The van der Waals surface area contributed by atoms with E-state index in [2.05, 4.69) is 15.8 Å². The van der Waals surface area contributed by atoms with Gasteiger partial charge < -0.3 is 14.8 Å². The number of carbonyl (C=O) groups is 2. The van der Waals surface area contributed by atoms with Crippen LogP contribution in [0.4, 0.5) is 0 Å². The van der Waals surface area contributed by atoms with E-state index < -0.39 is 5.91 Å². The van der Waals surface area contributed by atoms with Gasteiger partial charge in [0.2, 0.25) is 0 Å². The highest BCUT2D eigenvalue weighted by atomic mass is 35.5. The van der Waals surface area contributed by atoms with Crippen molar-refractivity contribution in [1.29, 1.82) is 0 Å². The molecule has 0 spiro atoms. The Balaban J connectivity index is 1.53. The number of benzene rings is 3. The van der Waals surface area contributed by atoms with Gasteiger partial charge in [0.15, 0.2) is 11.5 Å². The highest BCUT2D eigenvalue weighted by molar-refractivity contribution is 6.30. The van der Waals surface area contributed by atoms with Crippen molar-refractivity contribution in [3.8, 4) is 11.5 Å². The van der Waals surface area contributed by atoms with Gasteiger partial charge in [0.25, 0.3) is 11.8 Å². The van der Waals surface area contributed by atoms with Gasteiger partial charge in [-0.05, 0) is 67.4 Å². The minimum absolute atomic E-state index is 0.189. The standard InChI is InChI=1S/C26H26ClN3O4/c1-3-33-24-14-20(9-12-23(24)34-17-19-7-10-22(27)11-8-19)15-29-30-25(31)16-28-26(32)21-6-4-5-18(2)13-21/h4-15H,3,16-17H2,1-2H3,(H,28,32)(H,30,31)/b29-15-. The summed E-state index contributed by atoms with van der Waals surface area (Å²) in [5, 5.41) is 7.19. The minimum atomic E-state index is -0.440. The Bertz CT molecular complexity index is 1160. The maximum absolute atomic E-state index is 12.1. The summed E-state index contributed by atoms with van der Waals surface area (Å²) in [6.07, 6.45) is 1.49. The van der Waals surface area contributed by atoms with Crippen molar-refractivity contribution < 1.29 is 19.1 Å². The third kappa shape index (κ3) is 7.64. The first kappa shape index (κ1) is 24.8. The number of carbonyl (C=O) groups excluding carboxylic acids is 2. The zero-order valence-electron chi connectivity index (χ0n) is 19.0. The van der Waals surface area contributed by atoms with Crippen LogP contribution >= 0.6 is 11.6 Å². The Labute approximate surface area is 203 Å². The van der Waals surface area contributed by atoms with E-state index in [4.69, 9.17) is 21.1 Å². The van der Waals surface area contributed by atoms with Crippen LogP contribution < -0.4 is 20.2 Å². The first-order chi connectivity index (χ1) is 16.4. The maximum Gasteiger partial charge on any atom is 0.259 e. The number of hydrazone groups is 1. The van der Waals surface area contributed by atoms with Crippen molar-refractivity contribution in [2.75, 3.05) is 13.2 Å². The second-order valence-electron chi connectivity index (χ2n) is 7.40. The average Bonchev–Trinajstić information content (AvgIpc) is 2.83. The van der Waals surface area contributed by atoms with Crippen LogP contribution in [0.3, 0.4) is 0 Å². The van der Waals surface area contributed by atoms with Crippen LogP contribution in [0.25, 0.3) is 0 Å². The van der Waals surface area contributed by atoms with Gasteiger partial charge >= 0.3 is 0 Å². The Kier molecular flexibility index (Phi) is 9.05. The topological polar surface area (TPSA) is 89.0 Å². The molecular weight excluding hydrogens is 454 g/mol. The first-order valence-electron chi connectivity index (χ1n) is 10.8. The normalized spacial score (nSPS) is 10.7. The van der Waals surface area contributed by atoms with Crippen molar-refractivity contribution in [1.82, 2.24) is 10.7 Å². The number of nitrogens with one attached hydrogen (secondary N) is 2. The van der Waals surface area contributed by atoms with Gasteiger partial charge in [-0.3, -0.25) is 9.59 Å². The molecule has 0 aliphatic heterocycles. The summed E-state index contributed by atoms with van der Waals surface area (Å²) in [5.74, 6) is 0.401. The lowest BCUT2D eigenvalue weighted by atomic mass is 10.1. The molecule has 7 nitrogen and oxygen atoms in total. The van der Waals surface area contributed by atoms with Crippen molar-refractivity contribution in [2.24, 2.45) is 5.10 Å². The summed E-state index contributed by atoms with van der Waals surface area (Å²) >= 11 is 5.92. The van der Waals surface area contributed by atoms with E-state index in [1.54, 1.807) is 36.4 Å². The molecular formula is C26H26ClN3O4. The quantitative estimate of drug-likeness (QED) is 0.331. The summed E-state index contributed by atoms with van der Waals surface area (Å²) < 4.78 is 11.6. The van der Waals surface area contributed by atoms with Crippen molar-refractivity contribution >= 4 is 29.6 Å². The van der Waals surface area contributed by atoms with E-state index in [1.807, 2.05) is 44.2 Å². The molecule has 176 valence electrons. The third-order valence-corrected chi connectivity index (χ3v) is 4.92. The molecule has 0 bridgehead atoms. The summed E-state index contributed by atoms with van der Waals surface area (Å²) in [5.41, 5.74) is 5.56. The minimum Gasteiger partial charge on any atom is -0.490 e. The van der Waals surface area contributed by atoms with E-state index in [1.165, 1.54) is 6.21 Å². The number of rotatable bonds is 10. The Morgan fingerprint density at radius 1 is 1.00 bits per heavy atom. The molecule has 0 saturated heterocycles. The van der Waals surface area contributed by atoms with Gasteiger partial charge in [0.05, 0.1) is 19.4 Å². The van der Waals surface area contributed by atoms with Crippen molar-refractivity contribution in [3.63, 3.8) is 0 Å². The number of aryl methyl sites for hydroxylation is 1. The summed E-state index contributed by atoms with van der Waals surface area (Å²) in [7, 11) is 0. The number of amides is 2. The predicted octanol–water partition coefficient (Wildman–Crippen LogP) is 4.51. The molecule has 8 heteroatoms. The maximum atomic E-state index is 12.1. The van der Waals surface area contributed by atoms with Gasteiger partial charge in [-0.2, -0.15) is 5.10 Å². The highest BCUT2D eigenvalue weighted by Crippen LogP contribution is 2.29. The lowest BCUT2D eigenvalue weighted by molar-refractivity contribution is -0.120. The first-order valence-corrected chi connectivity index (χ1v) is 11.1. The zero-order chi connectivity index (χ0) is 24.3. The van der Waals surface area contributed by atoms with Crippen LogP contribution in [0.2, 0.25) is 5.02 Å². The molecule has 0 aliphatic rings. The summed E-state index contributed by atoms with van der Waals surface area (Å²) in [6, 6.07) is 19.9. The van der Waals surface area contributed by atoms with Gasteiger partial charge in [0, 0.05) is 10.6 Å². The fourth-order valence-corrected chi connectivity index (χ4v) is 3.13. The molecule has 0 fully saturated rings. The van der Waals surface area contributed by atoms with E-state index in [9.17, 15) is 9.59 Å². The summed E-state index contributed by atoms with van der Waals surface area (Å²) in [4.78, 5) is 24.1. The number of nitrogens with zero attached hydrogens (tertiary/aromatic N) is 1. The molecule has 2 amide bonds. The van der Waals surface area contributed by atoms with Gasteiger partial charge in [0.1, 0.15) is 6.61 Å². The van der Waals surface area contributed by atoms with Crippen LogP contribution in [0, 0.1) is 6.92 Å². The third-order valence-electron chi connectivity index (χ3n) is 4.67. The van der Waals surface area contributed by atoms with Crippen LogP contribution in [0.15, 0.2) is 71.8 Å². The smallest absolute Gasteiger partial charge is 0.259 e. The van der Waals surface area contributed by atoms with Crippen LogP contribution in [-0.4, -0.2) is 31.2 Å². The van der Waals surface area contributed by atoms with Gasteiger partial charge in [-0.15, -0.1) is 0 Å². The second kappa shape index (κ2) is 12.4. The lowest BCUT2D eigenvalue weighted by Crippen LogP contribution is -2.34. The fraction of sp³-hybridized carbons (Fsp3) is 0.192. The van der Waals surface area contributed by atoms with Crippen LogP contribution in [0.5, 0.6) is 11.5 Å². The van der Waals surface area contributed by atoms with Crippen LogP contribution in [0.1, 0.15) is 34.0 Å². The Morgan fingerprint density at radius 2 is 1.79 bits per heavy atom. The van der Waals surface area contributed by atoms with Gasteiger partial charge in [-0.1, -0.05) is 41.4 Å². The number of hydrogen-bond donors (Lipinski definition) is 2. The Morgan fingerprint density at radius 3 is 2.53 bits per heavy atom. The molecule has 0 aromatic heterocycles. The van der Waals surface area contributed by atoms with E-state index in [0.29, 0.717) is 40.9 Å². The SMILES string of the molecule is CCOc1cc(/C=N\NC(=O)CNC(=O)c2cccc(C)c2)ccc1OCc1ccc(Cl)cc1. The number of hydrogen-bond acceptors (Lipinski definition) is 5. The molecule has 0 atom stereocenters. The van der Waals surface area contributed by atoms with Crippen molar-refractivity contribution in [2.45, 2.75) is 20.5 Å². The zero-order valence-corrected chi connectivity index (χ0v) is 19.8. The second-order valence-corrected chi connectivity index (χ2v) is 7.84. The summed E-state index contributed by atoms with van der Waals surface area (Å²) in [6.45, 7) is 4.43. The molecule has 0 unspecified atom stereocenters. The van der Waals surface area contributed by atoms with E-state index in [0.717, 1.165) is 11.1 Å². The molecule has 3 aromatic carbocycles. The molecule has 34 heavy (non-hydrogen) atoms. The predicted molar refractivity (Wildman–Crippen MR) is 133 cm³/mol. The highest BCUT2D eigenvalue weighted by Gasteiger charge is 2.09. The molecule has 0 saturated carbocycles. The largest absolute Gasteiger partial charge is 0.490 e.